The molecule has 1 aromatic heterocycles. The maximum absolute atomic E-state index is 13.0. The average molecular weight is 522 g/mol. The molecule has 2 aromatic carbocycles. The number of nitrogens with zero attached hydrogens (tertiary/aromatic N) is 5. The molecule has 9 heteroatoms. The number of hydrogen-bond acceptors (Lipinski definition) is 5. The van der Waals surface area contributed by atoms with Gasteiger partial charge in [0.05, 0.1) is 0 Å². The fraction of sp³-hybridized carbons (Fsp3) is 0.500. The Hall–Kier alpha value is -2.97. The first-order chi connectivity index (χ1) is 18.0. The highest BCUT2D eigenvalue weighted by atomic mass is 35.5. The van der Waals surface area contributed by atoms with Gasteiger partial charge >= 0.3 is 6.03 Å². The zero-order valence-electron chi connectivity index (χ0n) is 21.5. The highest BCUT2D eigenvalue weighted by Crippen LogP contribution is 2.45. The molecule has 8 nitrogen and oxygen atoms in total. The minimum absolute atomic E-state index is 0.134. The van der Waals surface area contributed by atoms with Crippen LogP contribution in [-0.2, 0) is 13.5 Å². The number of carbonyl (C=O) groups is 1. The van der Waals surface area contributed by atoms with Gasteiger partial charge in [-0.25, -0.2) is 9.48 Å². The van der Waals surface area contributed by atoms with E-state index >= 15 is 0 Å². The van der Waals surface area contributed by atoms with E-state index in [1.54, 1.807) is 11.7 Å². The summed E-state index contributed by atoms with van der Waals surface area (Å²) in [6, 6.07) is 15.9. The van der Waals surface area contributed by atoms with Crippen LogP contribution in [0.5, 0.6) is 0 Å². The lowest BCUT2D eigenvalue weighted by Gasteiger charge is -2.49. The SMILES string of the molecule is Cn1nnnc1-c1cccc(NC(=O)NC2CCCCC23CCN(CCCc2ccc(Cl)cc2)CC3)c1. The molecular formula is C28H36ClN7O. The molecular weight excluding hydrogens is 486 g/mol. The summed E-state index contributed by atoms with van der Waals surface area (Å²) in [5.41, 5.74) is 3.15. The van der Waals surface area contributed by atoms with Crippen LogP contribution in [0.3, 0.4) is 0 Å². The van der Waals surface area contributed by atoms with E-state index in [2.05, 4.69) is 43.2 Å². The van der Waals surface area contributed by atoms with Crippen molar-refractivity contribution in [1.82, 2.24) is 30.4 Å². The third-order valence-corrected chi connectivity index (χ3v) is 8.42. The van der Waals surface area contributed by atoms with Gasteiger partial charge in [-0.2, -0.15) is 0 Å². The molecule has 2 fully saturated rings. The molecule has 1 saturated carbocycles. The lowest BCUT2D eigenvalue weighted by Crippen LogP contribution is -2.55. The van der Waals surface area contributed by atoms with Gasteiger partial charge in [-0.05, 0) is 104 Å². The number of aryl methyl sites for hydroxylation is 2. The Labute approximate surface area is 223 Å². The second kappa shape index (κ2) is 11.6. The van der Waals surface area contributed by atoms with Crippen molar-refractivity contribution in [2.75, 3.05) is 25.0 Å². The van der Waals surface area contributed by atoms with Crippen LogP contribution >= 0.6 is 11.6 Å². The predicted molar refractivity (Wildman–Crippen MR) is 147 cm³/mol. The highest BCUT2D eigenvalue weighted by molar-refractivity contribution is 6.30. The molecule has 1 aliphatic carbocycles. The molecule has 5 rings (SSSR count). The summed E-state index contributed by atoms with van der Waals surface area (Å²) in [6.07, 6.45) is 9.21. The first kappa shape index (κ1) is 25.7. The van der Waals surface area contributed by atoms with Crippen molar-refractivity contribution >= 4 is 23.3 Å². The standard InChI is InChI=1S/C28H36ClN7O/c1-35-26(32-33-34-35)22-7-4-8-24(20-22)30-27(37)31-25-9-2-3-14-28(25)15-18-36(19-16-28)17-5-6-21-10-12-23(29)13-11-21/h4,7-8,10-13,20,25H,2-3,5-6,9,14-19H2,1H3,(H2,30,31,37). The van der Waals surface area contributed by atoms with Gasteiger partial charge in [0.2, 0.25) is 0 Å². The zero-order chi connectivity index (χ0) is 25.7. The Morgan fingerprint density at radius 1 is 1.11 bits per heavy atom. The van der Waals surface area contributed by atoms with E-state index in [9.17, 15) is 4.79 Å². The van der Waals surface area contributed by atoms with Gasteiger partial charge in [-0.15, -0.1) is 5.10 Å². The number of benzene rings is 2. The average Bonchev–Trinajstić information content (AvgIpc) is 3.34. The zero-order valence-corrected chi connectivity index (χ0v) is 22.3. The number of carbonyl (C=O) groups excluding carboxylic acids is 1. The molecule has 1 saturated heterocycles. The van der Waals surface area contributed by atoms with E-state index in [-0.39, 0.29) is 17.5 Å². The summed E-state index contributed by atoms with van der Waals surface area (Å²) in [6.45, 7) is 3.33. The largest absolute Gasteiger partial charge is 0.335 e. The number of anilines is 1. The second-order valence-corrected chi connectivity index (χ2v) is 11.0. The molecule has 1 aliphatic heterocycles. The minimum atomic E-state index is -0.134. The van der Waals surface area contributed by atoms with Crippen LogP contribution in [0, 0.1) is 5.41 Å². The first-order valence-electron chi connectivity index (χ1n) is 13.4. The summed E-state index contributed by atoms with van der Waals surface area (Å²) in [4.78, 5) is 15.6. The number of nitrogens with one attached hydrogen (secondary N) is 2. The molecule has 2 amide bonds. The fourth-order valence-corrected chi connectivity index (χ4v) is 6.17. The highest BCUT2D eigenvalue weighted by Gasteiger charge is 2.43. The van der Waals surface area contributed by atoms with Crippen LogP contribution in [0.2, 0.25) is 5.02 Å². The molecule has 1 spiro atoms. The normalized spacial score (nSPS) is 19.6. The van der Waals surface area contributed by atoms with E-state index in [0.29, 0.717) is 5.82 Å². The topological polar surface area (TPSA) is 88.0 Å². The van der Waals surface area contributed by atoms with Crippen molar-refractivity contribution in [1.29, 1.82) is 0 Å². The van der Waals surface area contributed by atoms with Crippen molar-refractivity contribution < 1.29 is 4.79 Å². The predicted octanol–water partition coefficient (Wildman–Crippen LogP) is 5.31. The third-order valence-electron chi connectivity index (χ3n) is 8.17. The number of aromatic nitrogens is 4. The Balaban J connectivity index is 1.13. The van der Waals surface area contributed by atoms with Gasteiger partial charge in [0, 0.05) is 29.4 Å². The lowest BCUT2D eigenvalue weighted by molar-refractivity contribution is 0.0392. The fourth-order valence-electron chi connectivity index (χ4n) is 6.04. The number of piperidine rings is 1. The van der Waals surface area contributed by atoms with Crippen molar-refractivity contribution in [2.45, 2.75) is 57.4 Å². The summed E-state index contributed by atoms with van der Waals surface area (Å²) in [5, 5.41) is 18.9. The van der Waals surface area contributed by atoms with Gasteiger partial charge in [0.15, 0.2) is 5.82 Å². The van der Waals surface area contributed by atoms with Crippen LogP contribution in [0.15, 0.2) is 48.5 Å². The number of urea groups is 1. The molecule has 196 valence electrons. The number of tetrazole rings is 1. The third kappa shape index (κ3) is 6.30. The van der Waals surface area contributed by atoms with Crippen molar-refractivity contribution in [3.05, 3.63) is 59.1 Å². The van der Waals surface area contributed by atoms with Crippen LogP contribution in [-0.4, -0.2) is 56.8 Å². The maximum Gasteiger partial charge on any atom is 0.319 e. The summed E-state index contributed by atoms with van der Waals surface area (Å²) in [5.74, 6) is 0.662. The summed E-state index contributed by atoms with van der Waals surface area (Å²) >= 11 is 6.01. The Kier molecular flexibility index (Phi) is 8.05. The van der Waals surface area contributed by atoms with E-state index in [0.717, 1.165) is 68.0 Å². The van der Waals surface area contributed by atoms with Crippen LogP contribution < -0.4 is 10.6 Å². The number of amides is 2. The van der Waals surface area contributed by atoms with Gasteiger partial charge < -0.3 is 15.5 Å². The smallest absolute Gasteiger partial charge is 0.319 e. The molecule has 0 radical (unpaired) electrons. The minimum Gasteiger partial charge on any atom is -0.335 e. The first-order valence-corrected chi connectivity index (χ1v) is 13.8. The molecule has 37 heavy (non-hydrogen) atoms. The number of halogens is 1. The summed E-state index contributed by atoms with van der Waals surface area (Å²) in [7, 11) is 1.80. The van der Waals surface area contributed by atoms with Crippen LogP contribution in [0.1, 0.15) is 50.5 Å². The Morgan fingerprint density at radius 2 is 1.92 bits per heavy atom. The molecule has 2 N–H and O–H groups in total. The Morgan fingerprint density at radius 3 is 2.68 bits per heavy atom. The second-order valence-electron chi connectivity index (χ2n) is 10.5. The number of rotatable bonds is 7. The molecule has 1 unspecified atom stereocenters. The monoisotopic (exact) mass is 521 g/mol. The molecule has 3 aromatic rings. The van der Waals surface area contributed by atoms with Crippen molar-refractivity contribution in [2.24, 2.45) is 12.5 Å². The number of hydrogen-bond donors (Lipinski definition) is 2. The van der Waals surface area contributed by atoms with Gasteiger partial charge in [-0.3, -0.25) is 0 Å². The molecule has 0 bridgehead atoms. The van der Waals surface area contributed by atoms with Crippen LogP contribution in [0.25, 0.3) is 11.4 Å². The van der Waals surface area contributed by atoms with Gasteiger partial charge in [0.25, 0.3) is 0 Å². The molecule has 1 atom stereocenters. The quantitative estimate of drug-likeness (QED) is 0.440. The van der Waals surface area contributed by atoms with E-state index < -0.39 is 0 Å². The van der Waals surface area contributed by atoms with E-state index in [1.165, 1.54) is 24.8 Å². The van der Waals surface area contributed by atoms with Crippen molar-refractivity contribution in [3.63, 3.8) is 0 Å². The number of likely N-dealkylation sites (tertiary alicyclic amines) is 1. The maximum atomic E-state index is 13.0. The van der Waals surface area contributed by atoms with E-state index in [1.807, 2.05) is 36.4 Å². The van der Waals surface area contributed by atoms with Crippen LogP contribution in [0.4, 0.5) is 10.5 Å². The summed E-state index contributed by atoms with van der Waals surface area (Å²) < 4.78 is 1.62. The Bertz CT molecular complexity index is 1190. The van der Waals surface area contributed by atoms with Gasteiger partial charge in [-0.1, -0.05) is 48.7 Å². The lowest BCUT2D eigenvalue weighted by atomic mass is 9.64. The molecule has 2 aliphatic rings. The van der Waals surface area contributed by atoms with Gasteiger partial charge in [0.1, 0.15) is 0 Å². The van der Waals surface area contributed by atoms with Crippen molar-refractivity contribution in [3.8, 4) is 11.4 Å². The van der Waals surface area contributed by atoms with E-state index in [4.69, 9.17) is 11.6 Å². The molecule has 2 heterocycles.